The highest BCUT2D eigenvalue weighted by Gasteiger charge is 2.09. The lowest BCUT2D eigenvalue weighted by Crippen LogP contribution is -2.23. The van der Waals surface area contributed by atoms with E-state index in [1.54, 1.807) is 6.20 Å². The van der Waals surface area contributed by atoms with Gasteiger partial charge in [0, 0.05) is 30.9 Å². The first-order valence-corrected chi connectivity index (χ1v) is 9.40. The van der Waals surface area contributed by atoms with Crippen molar-refractivity contribution in [2.45, 2.75) is 6.42 Å². The maximum absolute atomic E-state index is 5.99. The van der Waals surface area contributed by atoms with Crippen LogP contribution in [-0.4, -0.2) is 27.6 Å². The average Bonchev–Trinajstić information content (AvgIpc) is 3.24. The van der Waals surface area contributed by atoms with Crippen LogP contribution in [-0.2, 0) is 6.42 Å². The van der Waals surface area contributed by atoms with Crippen molar-refractivity contribution >= 4 is 11.6 Å². The molecule has 30 heavy (non-hydrogen) atoms. The standard InChI is InChI=1S/C22H20N6O2/c23-22(25-14-12-20-27-21(30-28-20)19-11-4-5-13-24-19)26-16-7-6-10-18(15-16)29-17-8-2-1-3-9-17/h1-11,13,15H,12,14H2,(H3,23,25,26). The molecular weight excluding hydrogens is 380 g/mol. The lowest BCUT2D eigenvalue weighted by Gasteiger charge is -2.09. The zero-order valence-corrected chi connectivity index (χ0v) is 16.1. The number of hydrogen-bond donors (Lipinski definition) is 2. The van der Waals surface area contributed by atoms with Crippen LogP contribution in [0.3, 0.4) is 0 Å². The molecule has 0 unspecified atom stereocenters. The Hall–Kier alpha value is -4.20. The van der Waals surface area contributed by atoms with Gasteiger partial charge in [0.25, 0.3) is 5.89 Å². The van der Waals surface area contributed by atoms with Crippen molar-refractivity contribution < 1.29 is 9.26 Å². The summed E-state index contributed by atoms with van der Waals surface area (Å²) in [7, 11) is 0. The van der Waals surface area contributed by atoms with E-state index in [1.807, 2.05) is 72.8 Å². The van der Waals surface area contributed by atoms with E-state index < -0.39 is 0 Å². The van der Waals surface area contributed by atoms with Crippen LogP contribution in [0.15, 0.2) is 88.5 Å². The summed E-state index contributed by atoms with van der Waals surface area (Å²) in [5.41, 5.74) is 7.41. The number of nitrogens with zero attached hydrogens (tertiary/aromatic N) is 4. The summed E-state index contributed by atoms with van der Waals surface area (Å²) < 4.78 is 11.1. The highest BCUT2D eigenvalue weighted by molar-refractivity contribution is 5.92. The molecule has 4 aromatic rings. The minimum Gasteiger partial charge on any atom is -0.457 e. The van der Waals surface area contributed by atoms with E-state index in [2.05, 4.69) is 25.4 Å². The zero-order chi connectivity index (χ0) is 20.6. The summed E-state index contributed by atoms with van der Waals surface area (Å²) in [6.07, 6.45) is 2.17. The van der Waals surface area contributed by atoms with Crippen LogP contribution in [0.2, 0.25) is 0 Å². The fraction of sp³-hybridized carbons (Fsp3) is 0.0909. The molecule has 2 aromatic heterocycles. The first kappa shape index (κ1) is 19.1. The van der Waals surface area contributed by atoms with E-state index >= 15 is 0 Å². The molecule has 0 saturated carbocycles. The van der Waals surface area contributed by atoms with Crippen LogP contribution in [0.5, 0.6) is 11.5 Å². The van der Waals surface area contributed by atoms with Crippen LogP contribution in [0.25, 0.3) is 11.6 Å². The molecule has 0 aliphatic rings. The van der Waals surface area contributed by atoms with E-state index in [0.717, 1.165) is 11.4 Å². The summed E-state index contributed by atoms with van der Waals surface area (Å²) in [5.74, 6) is 2.69. The number of guanidine groups is 1. The molecule has 4 rings (SSSR count). The average molecular weight is 400 g/mol. The second kappa shape index (κ2) is 9.33. The largest absolute Gasteiger partial charge is 0.457 e. The molecule has 150 valence electrons. The smallest absolute Gasteiger partial charge is 0.276 e. The van der Waals surface area contributed by atoms with Crippen molar-refractivity contribution in [2.24, 2.45) is 10.7 Å². The number of aliphatic imine (C=N–C) groups is 1. The number of pyridine rings is 1. The van der Waals surface area contributed by atoms with Gasteiger partial charge in [0.2, 0.25) is 0 Å². The first-order chi connectivity index (χ1) is 14.8. The van der Waals surface area contributed by atoms with Crippen LogP contribution in [0, 0.1) is 0 Å². The summed E-state index contributed by atoms with van der Waals surface area (Å²) in [6.45, 7) is 0.417. The minimum atomic E-state index is 0.292. The number of nitrogens with one attached hydrogen (secondary N) is 1. The maximum Gasteiger partial charge on any atom is 0.276 e. The molecule has 0 bridgehead atoms. The molecule has 0 atom stereocenters. The predicted molar refractivity (Wildman–Crippen MR) is 114 cm³/mol. The number of anilines is 1. The number of rotatable bonds is 7. The fourth-order valence-corrected chi connectivity index (χ4v) is 2.67. The highest BCUT2D eigenvalue weighted by atomic mass is 16.5. The van der Waals surface area contributed by atoms with Gasteiger partial charge >= 0.3 is 0 Å². The van der Waals surface area contributed by atoms with Crippen molar-refractivity contribution in [1.82, 2.24) is 15.1 Å². The Morgan fingerprint density at radius 1 is 1.00 bits per heavy atom. The third-order valence-electron chi connectivity index (χ3n) is 4.06. The summed E-state index contributed by atoms with van der Waals surface area (Å²) in [4.78, 5) is 12.8. The SMILES string of the molecule is NC(=NCCc1noc(-c2ccccn2)n1)Nc1cccc(Oc2ccccc2)c1. The molecule has 8 heteroatoms. The fourth-order valence-electron chi connectivity index (χ4n) is 2.67. The van der Waals surface area contributed by atoms with Crippen molar-refractivity contribution in [3.63, 3.8) is 0 Å². The Bertz CT molecular complexity index is 1110. The van der Waals surface area contributed by atoms with Gasteiger partial charge in [-0.15, -0.1) is 0 Å². The summed E-state index contributed by atoms with van der Waals surface area (Å²) in [5, 5.41) is 7.01. The Balaban J connectivity index is 1.31. The van der Waals surface area contributed by atoms with Crippen LogP contribution < -0.4 is 15.8 Å². The first-order valence-electron chi connectivity index (χ1n) is 9.40. The van der Waals surface area contributed by atoms with E-state index in [9.17, 15) is 0 Å². The lowest BCUT2D eigenvalue weighted by molar-refractivity contribution is 0.421. The van der Waals surface area contributed by atoms with Gasteiger partial charge in [0.15, 0.2) is 11.8 Å². The van der Waals surface area contributed by atoms with Crippen molar-refractivity contribution in [1.29, 1.82) is 0 Å². The van der Waals surface area contributed by atoms with Crippen molar-refractivity contribution in [3.05, 3.63) is 84.8 Å². The third kappa shape index (κ3) is 5.20. The van der Waals surface area contributed by atoms with Gasteiger partial charge in [0.05, 0.1) is 0 Å². The van der Waals surface area contributed by atoms with E-state index in [0.29, 0.717) is 42.1 Å². The maximum atomic E-state index is 5.99. The molecule has 8 nitrogen and oxygen atoms in total. The predicted octanol–water partition coefficient (Wildman–Crippen LogP) is 3.89. The Labute approximate surface area is 173 Å². The zero-order valence-electron chi connectivity index (χ0n) is 16.1. The number of ether oxygens (including phenoxy) is 1. The molecule has 0 aliphatic carbocycles. The minimum absolute atomic E-state index is 0.292. The highest BCUT2D eigenvalue weighted by Crippen LogP contribution is 2.23. The number of aromatic nitrogens is 3. The monoisotopic (exact) mass is 400 g/mol. The molecule has 0 spiro atoms. The van der Waals surface area contributed by atoms with Gasteiger partial charge < -0.3 is 20.3 Å². The van der Waals surface area contributed by atoms with Gasteiger partial charge in [-0.05, 0) is 36.4 Å². The summed E-state index contributed by atoms with van der Waals surface area (Å²) >= 11 is 0. The van der Waals surface area contributed by atoms with Crippen LogP contribution >= 0.6 is 0 Å². The van der Waals surface area contributed by atoms with E-state index in [4.69, 9.17) is 15.0 Å². The lowest BCUT2D eigenvalue weighted by atomic mass is 10.3. The number of para-hydroxylation sites is 1. The van der Waals surface area contributed by atoms with Gasteiger partial charge in [0.1, 0.15) is 17.2 Å². The van der Waals surface area contributed by atoms with E-state index in [-0.39, 0.29) is 0 Å². The second-order valence-electron chi connectivity index (χ2n) is 6.32. The van der Waals surface area contributed by atoms with Gasteiger partial charge in [-0.3, -0.25) is 9.98 Å². The van der Waals surface area contributed by atoms with Crippen LogP contribution in [0.1, 0.15) is 5.82 Å². The van der Waals surface area contributed by atoms with Gasteiger partial charge in [-0.2, -0.15) is 4.98 Å². The van der Waals surface area contributed by atoms with Crippen molar-refractivity contribution in [2.75, 3.05) is 11.9 Å². The normalized spacial score (nSPS) is 11.3. The Morgan fingerprint density at radius 2 is 1.83 bits per heavy atom. The quantitative estimate of drug-likeness (QED) is 0.357. The molecule has 0 radical (unpaired) electrons. The van der Waals surface area contributed by atoms with Gasteiger partial charge in [-0.25, -0.2) is 0 Å². The second-order valence-corrected chi connectivity index (χ2v) is 6.32. The summed E-state index contributed by atoms with van der Waals surface area (Å²) in [6, 6.07) is 22.6. The molecule has 2 aromatic carbocycles. The Morgan fingerprint density at radius 3 is 2.67 bits per heavy atom. The van der Waals surface area contributed by atoms with E-state index in [1.165, 1.54) is 0 Å². The molecule has 3 N–H and O–H groups in total. The third-order valence-corrected chi connectivity index (χ3v) is 4.06. The van der Waals surface area contributed by atoms with Gasteiger partial charge in [-0.1, -0.05) is 35.5 Å². The number of benzene rings is 2. The molecular formula is C22H20N6O2. The molecule has 0 saturated heterocycles. The topological polar surface area (TPSA) is 111 Å². The molecule has 2 heterocycles. The molecule has 0 amide bonds. The number of hydrogen-bond acceptors (Lipinski definition) is 6. The van der Waals surface area contributed by atoms with Crippen LogP contribution in [0.4, 0.5) is 5.69 Å². The molecule has 0 fully saturated rings. The molecule has 0 aliphatic heterocycles. The number of nitrogens with two attached hydrogens (primary N) is 1. The van der Waals surface area contributed by atoms with Crippen molar-refractivity contribution in [3.8, 4) is 23.1 Å². The Kier molecular flexibility index (Phi) is 5.95.